The van der Waals surface area contributed by atoms with Crippen molar-refractivity contribution in [2.75, 3.05) is 11.9 Å². The smallest absolute Gasteiger partial charge is 0.338 e. The molecular formula is C13H16Br2O2. The lowest BCUT2D eigenvalue weighted by Crippen LogP contribution is -2.08. The van der Waals surface area contributed by atoms with E-state index in [4.69, 9.17) is 4.74 Å². The first-order chi connectivity index (χ1) is 8.22. The molecule has 0 fully saturated rings. The zero-order valence-corrected chi connectivity index (χ0v) is 13.0. The topological polar surface area (TPSA) is 26.3 Å². The Morgan fingerprint density at radius 2 is 2.12 bits per heavy atom. The average molecular weight is 364 g/mol. The Morgan fingerprint density at radius 3 is 2.71 bits per heavy atom. The van der Waals surface area contributed by atoms with E-state index in [-0.39, 0.29) is 5.97 Å². The van der Waals surface area contributed by atoms with Crippen molar-refractivity contribution in [2.45, 2.75) is 25.1 Å². The largest absolute Gasteiger partial charge is 0.462 e. The molecule has 0 amide bonds. The third-order valence-corrected chi connectivity index (χ3v) is 3.58. The normalized spacial score (nSPS) is 10.3. The summed E-state index contributed by atoms with van der Waals surface area (Å²) >= 11 is 6.80. The van der Waals surface area contributed by atoms with Gasteiger partial charge < -0.3 is 4.74 Å². The van der Waals surface area contributed by atoms with Crippen LogP contribution in [-0.4, -0.2) is 17.9 Å². The van der Waals surface area contributed by atoms with Crippen LogP contribution < -0.4 is 0 Å². The Hall–Kier alpha value is -0.350. The minimum atomic E-state index is -0.234. The maximum Gasteiger partial charge on any atom is 0.338 e. The number of rotatable bonds is 6. The maximum atomic E-state index is 11.8. The lowest BCUT2D eigenvalue weighted by molar-refractivity contribution is 0.0525. The first kappa shape index (κ1) is 14.7. The summed E-state index contributed by atoms with van der Waals surface area (Å²) in [5, 5.41) is 1.64. The number of esters is 1. The number of alkyl halides is 2. The Balaban J connectivity index is 2.93. The summed E-state index contributed by atoms with van der Waals surface area (Å²) in [5.74, 6) is -0.234. The predicted octanol–water partition coefficient (Wildman–Crippen LogP) is 4.09. The molecule has 0 saturated heterocycles. The molecule has 0 unspecified atom stereocenters. The molecule has 0 aliphatic carbocycles. The van der Waals surface area contributed by atoms with Crippen LogP contribution >= 0.6 is 31.9 Å². The summed E-state index contributed by atoms with van der Waals surface area (Å²) in [6, 6.07) is 6.00. The highest BCUT2D eigenvalue weighted by molar-refractivity contribution is 9.09. The summed E-state index contributed by atoms with van der Waals surface area (Å²) in [7, 11) is 0. The van der Waals surface area contributed by atoms with Gasteiger partial charge in [0.1, 0.15) is 0 Å². The van der Waals surface area contributed by atoms with E-state index in [9.17, 15) is 4.79 Å². The van der Waals surface area contributed by atoms with Gasteiger partial charge in [0.25, 0.3) is 0 Å². The lowest BCUT2D eigenvalue weighted by atomic mass is 10.0. The van der Waals surface area contributed by atoms with Crippen molar-refractivity contribution in [2.24, 2.45) is 0 Å². The molecule has 4 heteroatoms. The molecule has 1 aromatic rings. The zero-order valence-electron chi connectivity index (χ0n) is 9.84. The highest BCUT2D eigenvalue weighted by Gasteiger charge is 2.12. The van der Waals surface area contributed by atoms with E-state index in [2.05, 4.69) is 37.9 Å². The molecule has 0 bridgehead atoms. The molecule has 0 aliphatic heterocycles. The van der Waals surface area contributed by atoms with Crippen LogP contribution in [-0.2, 0) is 16.5 Å². The standard InChI is InChI=1S/C13H16Br2O2/c1-2-17-13(16)12-8-10(4-3-7-14)5-6-11(12)9-15/h5-6,8H,2-4,7,9H2,1H3. The van der Waals surface area contributed by atoms with Gasteiger partial charge in [-0.15, -0.1) is 0 Å². The van der Waals surface area contributed by atoms with E-state index >= 15 is 0 Å². The number of carbonyl (C=O) groups is 1. The molecule has 0 atom stereocenters. The fourth-order valence-electron chi connectivity index (χ4n) is 1.57. The Kier molecular flexibility index (Phi) is 6.82. The zero-order chi connectivity index (χ0) is 12.7. The summed E-state index contributed by atoms with van der Waals surface area (Å²) in [4.78, 5) is 11.8. The van der Waals surface area contributed by atoms with E-state index in [0.717, 1.165) is 23.7 Å². The van der Waals surface area contributed by atoms with Crippen LogP contribution in [0.5, 0.6) is 0 Å². The molecule has 0 radical (unpaired) electrons. The van der Waals surface area contributed by atoms with E-state index in [1.54, 1.807) is 0 Å². The van der Waals surface area contributed by atoms with Crippen LogP contribution in [0.15, 0.2) is 18.2 Å². The second-order valence-electron chi connectivity index (χ2n) is 3.64. The number of carbonyl (C=O) groups excluding carboxylic acids is 1. The SMILES string of the molecule is CCOC(=O)c1cc(CCCBr)ccc1CBr. The maximum absolute atomic E-state index is 11.8. The second kappa shape index (κ2) is 7.88. The molecule has 0 aromatic heterocycles. The summed E-state index contributed by atoms with van der Waals surface area (Å²) < 4.78 is 5.06. The first-order valence-corrected chi connectivity index (χ1v) is 7.88. The van der Waals surface area contributed by atoms with Crippen LogP contribution in [0.1, 0.15) is 34.8 Å². The number of hydrogen-bond donors (Lipinski definition) is 0. The minimum absolute atomic E-state index is 0.234. The fraction of sp³-hybridized carbons (Fsp3) is 0.462. The van der Waals surface area contributed by atoms with Gasteiger partial charge in [0.05, 0.1) is 12.2 Å². The molecule has 94 valence electrons. The molecule has 0 saturated carbocycles. The molecule has 0 N–H and O–H groups in total. The van der Waals surface area contributed by atoms with Gasteiger partial charge in [0.15, 0.2) is 0 Å². The van der Waals surface area contributed by atoms with Gasteiger partial charge in [-0.3, -0.25) is 0 Å². The van der Waals surface area contributed by atoms with Crippen LogP contribution in [0.2, 0.25) is 0 Å². The van der Waals surface area contributed by atoms with E-state index in [0.29, 0.717) is 17.5 Å². The number of benzene rings is 1. The van der Waals surface area contributed by atoms with Crippen LogP contribution in [0, 0.1) is 0 Å². The van der Waals surface area contributed by atoms with Crippen LogP contribution in [0.25, 0.3) is 0 Å². The van der Waals surface area contributed by atoms with Crippen LogP contribution in [0.4, 0.5) is 0 Å². The highest BCUT2D eigenvalue weighted by Crippen LogP contribution is 2.17. The minimum Gasteiger partial charge on any atom is -0.462 e. The van der Waals surface area contributed by atoms with Crippen molar-refractivity contribution in [3.63, 3.8) is 0 Å². The monoisotopic (exact) mass is 362 g/mol. The van der Waals surface area contributed by atoms with Gasteiger partial charge in [-0.25, -0.2) is 4.79 Å². The molecule has 0 spiro atoms. The molecular weight excluding hydrogens is 348 g/mol. The van der Waals surface area contributed by atoms with Crippen LogP contribution in [0.3, 0.4) is 0 Å². The molecule has 2 nitrogen and oxygen atoms in total. The number of ether oxygens (including phenoxy) is 1. The summed E-state index contributed by atoms with van der Waals surface area (Å²) in [6.07, 6.45) is 2.04. The number of aryl methyl sites for hydroxylation is 1. The second-order valence-corrected chi connectivity index (χ2v) is 4.99. The van der Waals surface area contributed by atoms with Gasteiger partial charge in [0.2, 0.25) is 0 Å². The van der Waals surface area contributed by atoms with Crippen molar-refractivity contribution in [1.82, 2.24) is 0 Å². The van der Waals surface area contributed by atoms with Crippen molar-refractivity contribution >= 4 is 37.8 Å². The molecule has 17 heavy (non-hydrogen) atoms. The van der Waals surface area contributed by atoms with E-state index < -0.39 is 0 Å². The third-order valence-electron chi connectivity index (χ3n) is 2.41. The van der Waals surface area contributed by atoms with Gasteiger partial charge >= 0.3 is 5.97 Å². The summed E-state index contributed by atoms with van der Waals surface area (Å²) in [5.41, 5.74) is 2.83. The molecule has 0 aliphatic rings. The predicted molar refractivity (Wildman–Crippen MR) is 77.1 cm³/mol. The lowest BCUT2D eigenvalue weighted by Gasteiger charge is -2.09. The van der Waals surface area contributed by atoms with Gasteiger partial charge in [-0.2, -0.15) is 0 Å². The van der Waals surface area contributed by atoms with E-state index in [1.165, 1.54) is 5.56 Å². The highest BCUT2D eigenvalue weighted by atomic mass is 79.9. The van der Waals surface area contributed by atoms with E-state index in [1.807, 2.05) is 19.1 Å². The quantitative estimate of drug-likeness (QED) is 0.562. The van der Waals surface area contributed by atoms with Crippen molar-refractivity contribution in [3.8, 4) is 0 Å². The Labute approximate surface area is 119 Å². The van der Waals surface area contributed by atoms with Crippen molar-refractivity contribution in [3.05, 3.63) is 34.9 Å². The molecule has 1 aromatic carbocycles. The fourth-order valence-corrected chi connectivity index (χ4v) is 2.33. The molecule has 0 heterocycles. The first-order valence-electron chi connectivity index (χ1n) is 5.63. The summed E-state index contributed by atoms with van der Waals surface area (Å²) in [6.45, 7) is 2.23. The van der Waals surface area contributed by atoms with Crippen molar-refractivity contribution < 1.29 is 9.53 Å². The number of hydrogen-bond acceptors (Lipinski definition) is 2. The third kappa shape index (κ3) is 4.43. The average Bonchev–Trinajstić information content (AvgIpc) is 2.36. The Bertz CT molecular complexity index is 378. The molecule has 1 rings (SSSR count). The van der Waals surface area contributed by atoms with Crippen molar-refractivity contribution in [1.29, 1.82) is 0 Å². The van der Waals surface area contributed by atoms with Gasteiger partial charge in [0, 0.05) is 10.7 Å². The van der Waals surface area contributed by atoms with Gasteiger partial charge in [-0.1, -0.05) is 44.0 Å². The van der Waals surface area contributed by atoms with Gasteiger partial charge in [-0.05, 0) is 37.0 Å². The Morgan fingerprint density at radius 1 is 1.35 bits per heavy atom. The number of halogens is 2.